The van der Waals surface area contributed by atoms with Crippen LogP contribution >= 0.6 is 11.8 Å². The minimum Gasteiger partial charge on any atom is -0.496 e. The monoisotopic (exact) mass is 264 g/mol. The summed E-state index contributed by atoms with van der Waals surface area (Å²) >= 11 is 1.51. The van der Waals surface area contributed by atoms with Crippen molar-refractivity contribution in [1.82, 2.24) is 4.98 Å². The lowest BCUT2D eigenvalue weighted by molar-refractivity contribution is 0.407. The van der Waals surface area contributed by atoms with Crippen molar-refractivity contribution < 1.29 is 9.15 Å². The molecule has 0 saturated carbocycles. The number of hydrogen-bond donors (Lipinski definition) is 1. The second-order valence-electron chi connectivity index (χ2n) is 3.91. The van der Waals surface area contributed by atoms with Gasteiger partial charge in [-0.1, -0.05) is 30.0 Å². The van der Waals surface area contributed by atoms with Crippen LogP contribution in [0, 0.1) is 6.92 Å². The van der Waals surface area contributed by atoms with Crippen LogP contribution in [0.3, 0.4) is 0 Å². The number of ether oxygens (including phenoxy) is 1. The van der Waals surface area contributed by atoms with Gasteiger partial charge in [-0.15, -0.1) is 0 Å². The Bertz CT molecular complexity index is 513. The maximum absolute atomic E-state index is 6.16. The summed E-state index contributed by atoms with van der Waals surface area (Å²) in [6, 6.07) is 7.66. The first-order chi connectivity index (χ1) is 8.70. The Labute approximate surface area is 111 Å². The molecule has 0 spiro atoms. The van der Waals surface area contributed by atoms with E-state index in [1.54, 1.807) is 13.4 Å². The number of nitrogens with two attached hydrogens (primary N) is 1. The topological polar surface area (TPSA) is 61.3 Å². The summed E-state index contributed by atoms with van der Waals surface area (Å²) in [6.07, 6.45) is 1.64. The molecule has 1 aromatic heterocycles. The molecule has 5 heteroatoms. The molecule has 0 saturated heterocycles. The molecule has 2 aromatic rings. The summed E-state index contributed by atoms with van der Waals surface area (Å²) in [4.78, 5) is 4.23. The minimum atomic E-state index is -0.113. The van der Waals surface area contributed by atoms with Crippen LogP contribution in [0.15, 0.2) is 40.2 Å². The van der Waals surface area contributed by atoms with Crippen LogP contribution in [-0.2, 0) is 0 Å². The summed E-state index contributed by atoms with van der Waals surface area (Å²) in [7, 11) is 1.65. The van der Waals surface area contributed by atoms with E-state index >= 15 is 0 Å². The highest BCUT2D eigenvalue weighted by molar-refractivity contribution is 7.99. The fourth-order valence-corrected chi connectivity index (χ4v) is 2.45. The number of aryl methyl sites for hydroxylation is 1. The molecule has 2 N–H and O–H groups in total. The van der Waals surface area contributed by atoms with Gasteiger partial charge in [-0.3, -0.25) is 0 Å². The smallest absolute Gasteiger partial charge is 0.255 e. The van der Waals surface area contributed by atoms with Gasteiger partial charge < -0.3 is 14.9 Å². The number of thioether (sulfide) groups is 1. The standard InChI is InChI=1S/C13H16N2O2S/c1-9-7-17-13(15-9)18-8-11(14)10-5-3-4-6-12(10)16-2/h3-7,11H,8,14H2,1-2H3. The van der Waals surface area contributed by atoms with Crippen molar-refractivity contribution >= 4 is 11.8 Å². The molecular formula is C13H16N2O2S. The van der Waals surface area contributed by atoms with Gasteiger partial charge in [0, 0.05) is 17.4 Å². The highest BCUT2D eigenvalue weighted by Crippen LogP contribution is 2.28. The van der Waals surface area contributed by atoms with E-state index < -0.39 is 0 Å². The minimum absolute atomic E-state index is 0.113. The largest absolute Gasteiger partial charge is 0.496 e. The van der Waals surface area contributed by atoms with Gasteiger partial charge in [0.1, 0.15) is 12.0 Å². The zero-order valence-corrected chi connectivity index (χ0v) is 11.2. The van der Waals surface area contributed by atoms with Crippen LogP contribution in [0.2, 0.25) is 0 Å². The lowest BCUT2D eigenvalue weighted by atomic mass is 10.1. The van der Waals surface area contributed by atoms with Crippen LogP contribution in [0.1, 0.15) is 17.3 Å². The molecule has 0 bridgehead atoms. The Morgan fingerprint density at radius 1 is 1.44 bits per heavy atom. The van der Waals surface area contributed by atoms with E-state index in [9.17, 15) is 0 Å². The molecule has 1 heterocycles. The molecule has 0 fully saturated rings. The maximum Gasteiger partial charge on any atom is 0.255 e. The number of methoxy groups -OCH3 is 1. The van der Waals surface area contributed by atoms with Crippen molar-refractivity contribution in [2.45, 2.75) is 18.2 Å². The fraction of sp³-hybridized carbons (Fsp3) is 0.308. The van der Waals surface area contributed by atoms with Crippen molar-refractivity contribution in [3.63, 3.8) is 0 Å². The third-order valence-corrected chi connectivity index (χ3v) is 3.48. The first kappa shape index (κ1) is 13.0. The van der Waals surface area contributed by atoms with E-state index in [2.05, 4.69) is 4.98 Å². The lowest BCUT2D eigenvalue weighted by Crippen LogP contribution is -2.14. The molecule has 0 aliphatic rings. The van der Waals surface area contributed by atoms with E-state index in [1.807, 2.05) is 31.2 Å². The fourth-order valence-electron chi connectivity index (χ4n) is 1.62. The average molecular weight is 264 g/mol. The van der Waals surface area contributed by atoms with Crippen LogP contribution in [0.25, 0.3) is 0 Å². The third-order valence-electron chi connectivity index (χ3n) is 2.52. The molecule has 0 amide bonds. The predicted octanol–water partition coefficient (Wildman–Crippen LogP) is 2.78. The molecule has 0 aliphatic carbocycles. The lowest BCUT2D eigenvalue weighted by Gasteiger charge is -2.14. The maximum atomic E-state index is 6.16. The van der Waals surface area contributed by atoms with Gasteiger partial charge in [0.25, 0.3) is 5.22 Å². The number of para-hydroxylation sites is 1. The number of rotatable bonds is 5. The Morgan fingerprint density at radius 3 is 2.89 bits per heavy atom. The summed E-state index contributed by atoms with van der Waals surface area (Å²) in [5.74, 6) is 1.51. The Morgan fingerprint density at radius 2 is 2.22 bits per heavy atom. The van der Waals surface area contributed by atoms with Crippen molar-refractivity contribution in [2.24, 2.45) is 5.73 Å². The Hall–Kier alpha value is -1.46. The van der Waals surface area contributed by atoms with E-state index in [0.29, 0.717) is 11.0 Å². The number of aromatic nitrogens is 1. The summed E-state index contributed by atoms with van der Waals surface area (Å²) in [5, 5.41) is 0.651. The van der Waals surface area contributed by atoms with Gasteiger partial charge in [0.2, 0.25) is 0 Å². The van der Waals surface area contributed by atoms with E-state index in [0.717, 1.165) is 17.0 Å². The third kappa shape index (κ3) is 3.05. The molecule has 2 rings (SSSR count). The van der Waals surface area contributed by atoms with Crippen LogP contribution in [0.4, 0.5) is 0 Å². The quantitative estimate of drug-likeness (QED) is 0.841. The summed E-state index contributed by atoms with van der Waals surface area (Å²) < 4.78 is 10.6. The molecule has 18 heavy (non-hydrogen) atoms. The number of nitrogens with zero attached hydrogens (tertiary/aromatic N) is 1. The molecule has 1 unspecified atom stereocenters. The second kappa shape index (κ2) is 5.93. The number of oxazole rings is 1. The van der Waals surface area contributed by atoms with Gasteiger partial charge >= 0.3 is 0 Å². The highest BCUT2D eigenvalue weighted by Gasteiger charge is 2.13. The van der Waals surface area contributed by atoms with Crippen molar-refractivity contribution in [2.75, 3.05) is 12.9 Å². The van der Waals surface area contributed by atoms with Crippen LogP contribution in [-0.4, -0.2) is 17.8 Å². The number of benzene rings is 1. The van der Waals surface area contributed by atoms with Gasteiger partial charge in [-0.2, -0.15) is 0 Å². The van der Waals surface area contributed by atoms with Gasteiger partial charge in [-0.25, -0.2) is 4.98 Å². The van der Waals surface area contributed by atoms with Crippen molar-refractivity contribution in [3.8, 4) is 5.75 Å². The normalized spacial score (nSPS) is 12.4. The van der Waals surface area contributed by atoms with Gasteiger partial charge in [0.15, 0.2) is 0 Å². The van der Waals surface area contributed by atoms with Crippen molar-refractivity contribution in [3.05, 3.63) is 41.8 Å². The summed E-state index contributed by atoms with van der Waals surface area (Å²) in [5.41, 5.74) is 8.03. The van der Waals surface area contributed by atoms with Crippen LogP contribution < -0.4 is 10.5 Å². The molecular weight excluding hydrogens is 248 g/mol. The van der Waals surface area contributed by atoms with E-state index in [4.69, 9.17) is 14.9 Å². The van der Waals surface area contributed by atoms with Crippen molar-refractivity contribution in [1.29, 1.82) is 0 Å². The van der Waals surface area contributed by atoms with E-state index in [1.165, 1.54) is 11.8 Å². The Kier molecular flexibility index (Phi) is 4.28. The number of hydrogen-bond acceptors (Lipinski definition) is 5. The summed E-state index contributed by atoms with van der Waals surface area (Å²) in [6.45, 7) is 1.90. The molecule has 1 aromatic carbocycles. The average Bonchev–Trinajstić information content (AvgIpc) is 2.81. The SMILES string of the molecule is COc1ccccc1C(N)CSc1nc(C)co1. The van der Waals surface area contributed by atoms with E-state index in [-0.39, 0.29) is 6.04 Å². The zero-order valence-electron chi connectivity index (χ0n) is 10.4. The molecule has 1 atom stereocenters. The van der Waals surface area contributed by atoms with Crippen LogP contribution in [0.5, 0.6) is 5.75 Å². The molecule has 4 nitrogen and oxygen atoms in total. The van der Waals surface area contributed by atoms with Gasteiger partial charge in [-0.05, 0) is 13.0 Å². The highest BCUT2D eigenvalue weighted by atomic mass is 32.2. The Balaban J connectivity index is 2.01. The molecule has 0 aliphatic heterocycles. The first-order valence-corrected chi connectivity index (χ1v) is 6.62. The zero-order chi connectivity index (χ0) is 13.0. The second-order valence-corrected chi connectivity index (χ2v) is 4.89. The predicted molar refractivity (Wildman–Crippen MR) is 71.9 cm³/mol. The first-order valence-electron chi connectivity index (χ1n) is 5.64. The molecule has 0 radical (unpaired) electrons. The molecule has 96 valence electrons. The van der Waals surface area contributed by atoms with Gasteiger partial charge in [0.05, 0.1) is 12.8 Å².